The Morgan fingerprint density at radius 3 is 1.27 bits per heavy atom. The summed E-state index contributed by atoms with van der Waals surface area (Å²) in [6, 6.07) is 0. The molecule has 0 aromatic carbocycles. The monoisotopic (exact) mass is 358 g/mol. The summed E-state index contributed by atoms with van der Waals surface area (Å²) in [6.45, 7) is 0. The summed E-state index contributed by atoms with van der Waals surface area (Å²) < 4.78 is 6.09. The number of halogens is 6. The lowest BCUT2D eigenvalue weighted by molar-refractivity contribution is 0.211. The maximum atomic E-state index is 11.5. The number of rotatable bonds is 4. The van der Waals surface area contributed by atoms with E-state index in [4.69, 9.17) is 79.8 Å². The Hall–Kier alpha value is 1.85. The summed E-state index contributed by atoms with van der Waals surface area (Å²) in [6.07, 6.45) is 0. The second kappa shape index (κ2) is 5.23. The third-order valence-corrected chi connectivity index (χ3v) is 7.51. The molecule has 0 saturated heterocycles. The van der Waals surface area contributed by atoms with Gasteiger partial charge in [0.15, 0.2) is 10.2 Å². The fourth-order valence-corrected chi connectivity index (χ4v) is 4.21. The molecule has 0 heterocycles. The van der Waals surface area contributed by atoms with E-state index in [1.165, 1.54) is 0 Å². The minimum Gasteiger partial charge on any atom is -0.361 e. The average molecular weight is 361 g/mol. The van der Waals surface area contributed by atoms with E-state index in [0.29, 0.717) is 0 Å². The minimum atomic E-state index is -4.61. The Labute approximate surface area is 115 Å². The smallest absolute Gasteiger partial charge is 0.246 e. The second-order valence-corrected chi connectivity index (χ2v) is 9.07. The number of alkyl halides is 6. The highest BCUT2D eigenvalue weighted by atomic mass is 35.5. The lowest BCUT2D eigenvalue weighted by atomic mass is 10.8. The predicted molar refractivity (Wildman–Crippen MR) is 62.4 cm³/mol. The molecule has 0 spiro atoms. The summed E-state index contributed by atoms with van der Waals surface area (Å²) >= 11 is 31.0. The first-order valence-corrected chi connectivity index (χ1v) is 7.30. The average Bonchev–Trinajstić information content (AvgIpc) is 1.98. The van der Waals surface area contributed by atoms with Gasteiger partial charge in [-0.2, -0.15) is 0 Å². The van der Waals surface area contributed by atoms with Crippen molar-refractivity contribution in [3.63, 3.8) is 0 Å². The predicted octanol–water partition coefficient (Wildman–Crippen LogP) is 2.63. The van der Waals surface area contributed by atoms with Gasteiger partial charge >= 0.3 is 0 Å². The van der Waals surface area contributed by atoms with Crippen molar-refractivity contribution < 1.29 is 19.7 Å². The Morgan fingerprint density at radius 2 is 1.13 bits per heavy atom. The fraction of sp³-hybridized carbons (Fsp3) is 1.00. The quantitative estimate of drug-likeness (QED) is 0.532. The first-order chi connectivity index (χ1) is 6.31. The van der Waals surface area contributed by atoms with Crippen LogP contribution in [0.3, 0.4) is 0 Å². The molecule has 0 rings (SSSR count). The highest BCUT2D eigenvalue weighted by Gasteiger charge is 2.54. The van der Waals surface area contributed by atoms with E-state index in [2.05, 4.69) is 0 Å². The molecule has 0 radical (unpaired) electrons. The van der Waals surface area contributed by atoms with Crippen molar-refractivity contribution in [3.05, 3.63) is 0 Å². The highest BCUT2D eigenvalue weighted by Crippen LogP contribution is 2.63. The molecule has 0 aliphatic heterocycles. The second-order valence-electron chi connectivity index (χ2n) is 2.52. The summed E-state index contributed by atoms with van der Waals surface area (Å²) in [7, 11) is -4.61. The first kappa shape index (κ1) is 16.9. The van der Waals surface area contributed by atoms with Crippen molar-refractivity contribution in [1.29, 1.82) is 0 Å². The van der Waals surface area contributed by atoms with Crippen LogP contribution in [0.15, 0.2) is 0 Å². The topological polar surface area (TPSA) is 77.8 Å². The molecule has 0 aromatic rings. The zero-order chi connectivity index (χ0) is 12.7. The molecule has 0 aliphatic carbocycles. The molecule has 0 aromatic heterocycles. The van der Waals surface area contributed by atoms with E-state index in [0.717, 1.165) is 0 Å². The van der Waals surface area contributed by atoms with E-state index in [1.54, 1.807) is 0 Å². The van der Waals surface area contributed by atoms with E-state index in [1.807, 2.05) is 0 Å². The molecule has 0 fully saturated rings. The molecule has 0 bridgehead atoms. The maximum absolute atomic E-state index is 11.5. The van der Waals surface area contributed by atoms with Gasteiger partial charge in [-0.25, -0.2) is 0 Å². The molecule has 0 amide bonds. The van der Waals surface area contributed by atoms with Crippen molar-refractivity contribution in [2.75, 3.05) is 0 Å². The molecule has 3 N–H and O–H groups in total. The van der Waals surface area contributed by atoms with Crippen LogP contribution in [0.5, 0.6) is 0 Å². The Morgan fingerprint density at radius 1 is 0.933 bits per heavy atom. The van der Waals surface area contributed by atoms with Gasteiger partial charge < -0.3 is 15.1 Å². The number of aliphatic hydroxyl groups is 2. The molecule has 15 heavy (non-hydrogen) atoms. The van der Waals surface area contributed by atoms with Crippen molar-refractivity contribution in [2.24, 2.45) is 0 Å². The van der Waals surface area contributed by atoms with Crippen LogP contribution < -0.4 is 0 Å². The molecule has 2 atom stereocenters. The fourth-order valence-electron chi connectivity index (χ4n) is 0.560. The summed E-state index contributed by atoms with van der Waals surface area (Å²) in [5.41, 5.74) is 0. The van der Waals surface area contributed by atoms with Gasteiger partial charge in [0.2, 0.25) is 16.4 Å². The summed E-state index contributed by atoms with van der Waals surface area (Å²) in [5, 5.41) is 13.8. The Kier molecular flexibility index (Phi) is 5.88. The summed E-state index contributed by atoms with van der Waals surface area (Å²) in [4.78, 5) is 9.36. The number of hydrogen-bond acceptors (Lipinski definition) is 3. The SMILES string of the molecule is O=P(O)(C(Cl)C(O)(Cl)Cl)C(Cl)C(O)(Cl)Cl. The van der Waals surface area contributed by atoms with Crippen molar-refractivity contribution in [2.45, 2.75) is 19.3 Å². The van der Waals surface area contributed by atoms with Crippen molar-refractivity contribution in [3.8, 4) is 0 Å². The van der Waals surface area contributed by atoms with Gasteiger partial charge in [-0.15, -0.1) is 23.2 Å². The molecular formula is C4H5Cl6O4P. The molecular weight excluding hydrogens is 356 g/mol. The largest absolute Gasteiger partial charge is 0.361 e. The van der Waals surface area contributed by atoms with E-state index in [-0.39, 0.29) is 0 Å². The third kappa shape index (κ3) is 4.55. The zero-order valence-electron chi connectivity index (χ0n) is 6.62. The van der Waals surface area contributed by atoms with Crippen LogP contribution in [0.2, 0.25) is 0 Å². The van der Waals surface area contributed by atoms with Crippen LogP contribution >= 0.6 is 77.0 Å². The van der Waals surface area contributed by atoms with Crippen LogP contribution in [0.4, 0.5) is 0 Å². The van der Waals surface area contributed by atoms with E-state index in [9.17, 15) is 9.46 Å². The van der Waals surface area contributed by atoms with Crippen LogP contribution in [-0.4, -0.2) is 34.4 Å². The lowest BCUT2D eigenvalue weighted by Crippen LogP contribution is -2.34. The zero-order valence-corrected chi connectivity index (χ0v) is 12.0. The van der Waals surface area contributed by atoms with Gasteiger partial charge in [-0.3, -0.25) is 4.57 Å². The summed E-state index contributed by atoms with van der Waals surface area (Å²) in [5.74, 6) is 0. The molecule has 11 heteroatoms. The van der Waals surface area contributed by atoms with Crippen LogP contribution in [0.25, 0.3) is 0 Å². The van der Waals surface area contributed by atoms with Gasteiger partial charge in [-0.05, 0) is 0 Å². The van der Waals surface area contributed by atoms with Crippen LogP contribution in [0, 0.1) is 0 Å². The Bertz CT molecular complexity index is 247. The van der Waals surface area contributed by atoms with Crippen LogP contribution in [-0.2, 0) is 4.57 Å². The standard InChI is InChI=1S/C4H5Cl6O4P/c5-1(3(7,8)11)15(13,14)2(6)4(9,10)12/h1-2,11-12H,(H,13,14). The maximum Gasteiger partial charge on any atom is 0.246 e. The van der Waals surface area contributed by atoms with Gasteiger partial charge in [0.05, 0.1) is 0 Å². The van der Waals surface area contributed by atoms with E-state index >= 15 is 0 Å². The van der Waals surface area contributed by atoms with Gasteiger partial charge in [0.1, 0.15) is 0 Å². The first-order valence-electron chi connectivity index (χ1n) is 3.12. The highest BCUT2D eigenvalue weighted by molar-refractivity contribution is 7.63. The molecule has 0 aliphatic rings. The van der Waals surface area contributed by atoms with Gasteiger partial charge in [0, 0.05) is 0 Å². The number of hydrogen-bond donors (Lipinski definition) is 3. The van der Waals surface area contributed by atoms with E-state index < -0.39 is 26.6 Å². The Balaban J connectivity index is 5.08. The molecule has 4 nitrogen and oxygen atoms in total. The van der Waals surface area contributed by atoms with Crippen molar-refractivity contribution in [1.82, 2.24) is 0 Å². The molecule has 0 saturated carbocycles. The third-order valence-electron chi connectivity index (χ3n) is 1.22. The van der Waals surface area contributed by atoms with Crippen molar-refractivity contribution >= 4 is 77.0 Å². The molecule has 2 unspecified atom stereocenters. The normalized spacial score (nSPS) is 21.9. The van der Waals surface area contributed by atoms with Gasteiger partial charge in [-0.1, -0.05) is 46.4 Å². The van der Waals surface area contributed by atoms with Gasteiger partial charge in [0.25, 0.3) is 0 Å². The minimum absolute atomic E-state index is 2.07. The van der Waals surface area contributed by atoms with Crippen LogP contribution in [0.1, 0.15) is 0 Å². The molecule has 92 valence electrons. The lowest BCUT2D eigenvalue weighted by Gasteiger charge is -2.30.